The highest BCUT2D eigenvalue weighted by Gasteiger charge is 2.38. The molecule has 5 heteroatoms. The second kappa shape index (κ2) is 7.88. The number of benzene rings is 2. The summed E-state index contributed by atoms with van der Waals surface area (Å²) < 4.78 is 0. The summed E-state index contributed by atoms with van der Waals surface area (Å²) in [6.45, 7) is 3.48. The maximum absolute atomic E-state index is 13.2. The molecule has 2 aromatic carbocycles. The Morgan fingerprint density at radius 3 is 2.76 bits per heavy atom. The van der Waals surface area contributed by atoms with Crippen molar-refractivity contribution in [1.29, 1.82) is 5.26 Å². The molecule has 5 nitrogen and oxygen atoms in total. The molecule has 1 amide bonds. The third-order valence-electron chi connectivity index (χ3n) is 6.42. The summed E-state index contributed by atoms with van der Waals surface area (Å²) in [5, 5.41) is 22.4. The lowest BCUT2D eigenvalue weighted by Crippen LogP contribution is -2.40. The number of aliphatic hydroxyl groups excluding tert-OH is 1. The highest BCUT2D eigenvalue weighted by atomic mass is 16.3. The summed E-state index contributed by atoms with van der Waals surface area (Å²) >= 11 is 0. The van der Waals surface area contributed by atoms with Gasteiger partial charge in [-0.3, -0.25) is 4.79 Å². The van der Waals surface area contributed by atoms with E-state index in [0.717, 1.165) is 43.6 Å². The number of piperidine rings is 1. The zero-order chi connectivity index (χ0) is 20.4. The molecule has 1 heterocycles. The Hall–Kier alpha value is -2.84. The van der Waals surface area contributed by atoms with Crippen LogP contribution in [0.4, 0.5) is 11.4 Å². The second-order valence-electron chi connectivity index (χ2n) is 8.36. The molecule has 29 heavy (non-hydrogen) atoms. The molecule has 1 atom stereocenters. The quantitative estimate of drug-likeness (QED) is 0.838. The SMILES string of the molecule is CC1(C(=O)Nc2ccc(N3CCC(O)CC3)c(C#N)c2)CCCc2ccccc21. The molecule has 0 aromatic heterocycles. The van der Waals surface area contributed by atoms with Gasteiger partial charge in [0.15, 0.2) is 0 Å². The monoisotopic (exact) mass is 389 g/mol. The third kappa shape index (κ3) is 3.73. The number of hydrogen-bond acceptors (Lipinski definition) is 4. The number of carbonyl (C=O) groups excluding carboxylic acids is 1. The van der Waals surface area contributed by atoms with Gasteiger partial charge >= 0.3 is 0 Å². The Morgan fingerprint density at radius 1 is 1.24 bits per heavy atom. The number of nitriles is 1. The minimum Gasteiger partial charge on any atom is -0.393 e. The van der Waals surface area contributed by atoms with Crippen LogP contribution in [0.1, 0.15) is 49.3 Å². The summed E-state index contributed by atoms with van der Waals surface area (Å²) in [5.41, 5.74) is 3.85. The van der Waals surface area contributed by atoms with Crippen LogP contribution in [0, 0.1) is 11.3 Å². The smallest absolute Gasteiger partial charge is 0.234 e. The highest BCUT2D eigenvalue weighted by Crippen LogP contribution is 2.38. The van der Waals surface area contributed by atoms with Crippen molar-refractivity contribution in [3.8, 4) is 6.07 Å². The number of carbonyl (C=O) groups is 1. The summed E-state index contributed by atoms with van der Waals surface area (Å²) in [4.78, 5) is 15.4. The predicted octanol–water partition coefficient (Wildman–Crippen LogP) is 3.75. The van der Waals surface area contributed by atoms with E-state index in [0.29, 0.717) is 24.1 Å². The van der Waals surface area contributed by atoms with Crippen LogP contribution in [0.2, 0.25) is 0 Å². The molecule has 0 radical (unpaired) electrons. The summed E-state index contributed by atoms with van der Waals surface area (Å²) in [6.07, 6.45) is 3.98. The van der Waals surface area contributed by atoms with Crippen molar-refractivity contribution in [3.63, 3.8) is 0 Å². The maximum Gasteiger partial charge on any atom is 0.234 e. The first-order valence-electron chi connectivity index (χ1n) is 10.4. The van der Waals surface area contributed by atoms with Gasteiger partial charge in [-0.15, -0.1) is 0 Å². The van der Waals surface area contributed by atoms with Crippen molar-refractivity contribution >= 4 is 17.3 Å². The van der Waals surface area contributed by atoms with Crippen LogP contribution >= 0.6 is 0 Å². The molecule has 0 bridgehead atoms. The van der Waals surface area contributed by atoms with E-state index in [1.54, 1.807) is 6.07 Å². The van der Waals surface area contributed by atoms with E-state index in [9.17, 15) is 15.2 Å². The third-order valence-corrected chi connectivity index (χ3v) is 6.42. The fraction of sp³-hybridized carbons (Fsp3) is 0.417. The molecule has 150 valence electrons. The molecule has 1 aliphatic carbocycles. The lowest BCUT2D eigenvalue weighted by Gasteiger charge is -2.35. The van der Waals surface area contributed by atoms with Crippen molar-refractivity contribution in [1.82, 2.24) is 0 Å². The Morgan fingerprint density at radius 2 is 2.00 bits per heavy atom. The molecule has 0 saturated carbocycles. The van der Waals surface area contributed by atoms with Gasteiger partial charge < -0.3 is 15.3 Å². The zero-order valence-electron chi connectivity index (χ0n) is 16.8. The van der Waals surface area contributed by atoms with E-state index in [1.807, 2.05) is 31.2 Å². The molecule has 2 aliphatic rings. The molecule has 1 aliphatic heterocycles. The first-order valence-corrected chi connectivity index (χ1v) is 10.4. The van der Waals surface area contributed by atoms with Crippen molar-refractivity contribution < 1.29 is 9.90 Å². The van der Waals surface area contributed by atoms with Crippen LogP contribution in [0.5, 0.6) is 0 Å². The van der Waals surface area contributed by atoms with Gasteiger partial charge in [0.1, 0.15) is 6.07 Å². The maximum atomic E-state index is 13.2. The first kappa shape index (κ1) is 19.5. The van der Waals surface area contributed by atoms with E-state index in [1.165, 1.54) is 5.56 Å². The Balaban J connectivity index is 1.56. The summed E-state index contributed by atoms with van der Waals surface area (Å²) in [7, 11) is 0. The van der Waals surface area contributed by atoms with Gasteiger partial charge in [0, 0.05) is 18.8 Å². The van der Waals surface area contributed by atoms with Crippen molar-refractivity contribution in [2.75, 3.05) is 23.3 Å². The summed E-state index contributed by atoms with van der Waals surface area (Å²) in [5.74, 6) is -0.0256. The van der Waals surface area contributed by atoms with Crippen LogP contribution in [-0.4, -0.2) is 30.2 Å². The number of fused-ring (bicyclic) bond motifs is 1. The normalized spacial score (nSPS) is 21.9. The van der Waals surface area contributed by atoms with Gasteiger partial charge in [-0.1, -0.05) is 24.3 Å². The Bertz CT molecular complexity index is 957. The first-order chi connectivity index (χ1) is 14.0. The molecule has 0 spiro atoms. The van der Waals surface area contributed by atoms with E-state index < -0.39 is 5.41 Å². The second-order valence-corrected chi connectivity index (χ2v) is 8.36. The number of anilines is 2. The fourth-order valence-electron chi connectivity index (χ4n) is 4.63. The minimum atomic E-state index is -0.566. The standard InChI is InChI=1S/C24H27N3O2/c1-24(12-4-6-17-5-2-3-7-21(17)24)23(29)26-19-8-9-22(18(15-19)16-25)27-13-10-20(28)11-14-27/h2-3,5,7-9,15,20,28H,4,6,10-14H2,1H3,(H,26,29). The van der Waals surface area contributed by atoms with E-state index in [-0.39, 0.29) is 12.0 Å². The number of aliphatic hydroxyl groups is 1. The van der Waals surface area contributed by atoms with Crippen LogP contribution in [0.3, 0.4) is 0 Å². The topological polar surface area (TPSA) is 76.4 Å². The van der Waals surface area contributed by atoms with Crippen molar-refractivity contribution in [2.45, 2.75) is 50.5 Å². The number of hydrogen-bond donors (Lipinski definition) is 2. The molecular weight excluding hydrogens is 362 g/mol. The average molecular weight is 389 g/mol. The summed E-state index contributed by atoms with van der Waals surface area (Å²) in [6, 6.07) is 16.0. The molecule has 2 N–H and O–H groups in total. The molecule has 1 unspecified atom stereocenters. The molecular formula is C24H27N3O2. The highest BCUT2D eigenvalue weighted by molar-refractivity contribution is 5.99. The van der Waals surface area contributed by atoms with Gasteiger partial charge in [0.25, 0.3) is 0 Å². The van der Waals surface area contributed by atoms with Crippen molar-refractivity contribution in [2.24, 2.45) is 0 Å². The number of nitrogens with one attached hydrogen (secondary N) is 1. The van der Waals surface area contributed by atoms with Crippen molar-refractivity contribution in [3.05, 3.63) is 59.2 Å². The zero-order valence-corrected chi connectivity index (χ0v) is 16.8. The van der Waals surface area contributed by atoms with Crippen LogP contribution in [0.15, 0.2) is 42.5 Å². The molecule has 1 fully saturated rings. The lowest BCUT2D eigenvalue weighted by atomic mass is 9.70. The minimum absolute atomic E-state index is 0.0256. The largest absolute Gasteiger partial charge is 0.393 e. The molecule has 2 aromatic rings. The van der Waals surface area contributed by atoms with Crippen LogP contribution in [-0.2, 0) is 16.6 Å². The molecule has 1 saturated heterocycles. The van der Waals surface area contributed by atoms with Gasteiger partial charge in [0.2, 0.25) is 5.91 Å². The number of aryl methyl sites for hydroxylation is 1. The van der Waals surface area contributed by atoms with Gasteiger partial charge in [0.05, 0.1) is 22.8 Å². The fourth-order valence-corrected chi connectivity index (χ4v) is 4.63. The number of rotatable bonds is 3. The van der Waals surface area contributed by atoms with E-state index in [4.69, 9.17) is 0 Å². The average Bonchev–Trinajstić information content (AvgIpc) is 2.74. The molecule has 4 rings (SSSR count). The lowest BCUT2D eigenvalue weighted by molar-refractivity contribution is -0.121. The van der Waals surface area contributed by atoms with Gasteiger partial charge in [-0.2, -0.15) is 5.26 Å². The van der Waals surface area contributed by atoms with E-state index in [2.05, 4.69) is 28.4 Å². The van der Waals surface area contributed by atoms with Crippen LogP contribution < -0.4 is 10.2 Å². The Kier molecular flexibility index (Phi) is 5.29. The number of nitrogens with zero attached hydrogens (tertiary/aromatic N) is 2. The van der Waals surface area contributed by atoms with Gasteiger partial charge in [-0.05, 0) is 68.4 Å². The Labute approximate surface area is 172 Å². The van der Waals surface area contributed by atoms with Crippen LogP contribution in [0.25, 0.3) is 0 Å². The predicted molar refractivity (Wildman–Crippen MR) is 114 cm³/mol. The number of amides is 1. The van der Waals surface area contributed by atoms with E-state index >= 15 is 0 Å². The van der Waals surface area contributed by atoms with Gasteiger partial charge in [-0.25, -0.2) is 0 Å².